The number of carboxylic acid groups (broad SMARTS) is 1. The SMILES string of the molecule is Nc1cc(-c2cc[nH]c2)sc1C(=O)O. The van der Waals surface area contributed by atoms with E-state index in [-0.39, 0.29) is 4.88 Å². The standard InChI is InChI=1S/C9H8N2O2S/c10-6-3-7(5-1-2-11-4-5)14-8(6)9(12)13/h1-4,11H,10H2,(H,12,13). The number of hydrogen-bond acceptors (Lipinski definition) is 3. The number of hydrogen-bond donors (Lipinski definition) is 3. The van der Waals surface area contributed by atoms with Gasteiger partial charge in [0.1, 0.15) is 4.88 Å². The molecule has 0 aliphatic carbocycles. The molecule has 0 aromatic carbocycles. The quantitative estimate of drug-likeness (QED) is 0.706. The number of aromatic nitrogens is 1. The highest BCUT2D eigenvalue weighted by atomic mass is 32.1. The van der Waals surface area contributed by atoms with Gasteiger partial charge in [-0.2, -0.15) is 0 Å². The number of anilines is 1. The molecule has 0 bridgehead atoms. The largest absolute Gasteiger partial charge is 0.477 e. The van der Waals surface area contributed by atoms with Crippen molar-refractivity contribution >= 4 is 23.0 Å². The van der Waals surface area contributed by atoms with Gasteiger partial charge in [0.2, 0.25) is 0 Å². The van der Waals surface area contributed by atoms with Crippen LogP contribution in [0, 0.1) is 0 Å². The van der Waals surface area contributed by atoms with Gasteiger partial charge < -0.3 is 15.8 Å². The Balaban J connectivity index is 2.48. The van der Waals surface area contributed by atoms with Crippen LogP contribution in [0.3, 0.4) is 0 Å². The zero-order chi connectivity index (χ0) is 10.1. The molecule has 0 aliphatic rings. The molecule has 4 nitrogen and oxygen atoms in total. The van der Waals surface area contributed by atoms with Gasteiger partial charge in [0.15, 0.2) is 0 Å². The molecule has 2 rings (SSSR count). The van der Waals surface area contributed by atoms with Crippen LogP contribution in [-0.2, 0) is 0 Å². The summed E-state index contributed by atoms with van der Waals surface area (Å²) in [7, 11) is 0. The van der Waals surface area contributed by atoms with E-state index in [4.69, 9.17) is 10.8 Å². The Labute approximate surface area is 84.0 Å². The number of rotatable bonds is 2. The third-order valence-electron chi connectivity index (χ3n) is 1.84. The van der Waals surface area contributed by atoms with Crippen molar-refractivity contribution in [2.45, 2.75) is 0 Å². The van der Waals surface area contributed by atoms with Gasteiger partial charge in [-0.05, 0) is 12.1 Å². The normalized spacial score (nSPS) is 10.3. The lowest BCUT2D eigenvalue weighted by Crippen LogP contribution is -1.96. The van der Waals surface area contributed by atoms with E-state index in [1.807, 2.05) is 6.07 Å². The fourth-order valence-electron chi connectivity index (χ4n) is 1.19. The molecule has 14 heavy (non-hydrogen) atoms. The van der Waals surface area contributed by atoms with E-state index in [9.17, 15) is 4.79 Å². The minimum atomic E-state index is -0.978. The van der Waals surface area contributed by atoms with Crippen LogP contribution < -0.4 is 5.73 Å². The predicted molar refractivity (Wildman–Crippen MR) is 55.5 cm³/mol. The predicted octanol–water partition coefficient (Wildman–Crippen LogP) is 2.02. The molecule has 0 fully saturated rings. The Morgan fingerprint density at radius 2 is 2.36 bits per heavy atom. The molecule has 0 saturated heterocycles. The van der Waals surface area contributed by atoms with Crippen molar-refractivity contribution in [3.05, 3.63) is 29.4 Å². The molecule has 0 amide bonds. The van der Waals surface area contributed by atoms with Gasteiger partial charge in [-0.1, -0.05) is 0 Å². The van der Waals surface area contributed by atoms with Gasteiger partial charge >= 0.3 is 5.97 Å². The van der Waals surface area contributed by atoms with Gasteiger partial charge in [-0.3, -0.25) is 0 Å². The first-order chi connectivity index (χ1) is 6.68. The third kappa shape index (κ3) is 1.38. The summed E-state index contributed by atoms with van der Waals surface area (Å²) in [6.45, 7) is 0. The molecule has 2 heterocycles. The van der Waals surface area contributed by atoms with Crippen molar-refractivity contribution in [1.82, 2.24) is 4.98 Å². The smallest absolute Gasteiger partial charge is 0.348 e. The molecule has 4 N–H and O–H groups in total. The molecule has 2 aromatic rings. The van der Waals surface area contributed by atoms with Crippen molar-refractivity contribution in [3.8, 4) is 10.4 Å². The lowest BCUT2D eigenvalue weighted by Gasteiger charge is -1.87. The van der Waals surface area contributed by atoms with Gasteiger partial charge in [-0.25, -0.2) is 4.79 Å². The first-order valence-corrected chi connectivity index (χ1v) is 4.76. The van der Waals surface area contributed by atoms with Crippen LogP contribution in [0.1, 0.15) is 9.67 Å². The summed E-state index contributed by atoms with van der Waals surface area (Å²) in [6, 6.07) is 3.55. The number of H-pyrrole nitrogens is 1. The van der Waals surface area contributed by atoms with Gasteiger partial charge in [0.25, 0.3) is 0 Å². The van der Waals surface area contributed by atoms with Crippen molar-refractivity contribution < 1.29 is 9.90 Å². The Kier molecular flexibility index (Phi) is 2.01. The fraction of sp³-hybridized carbons (Fsp3) is 0. The van der Waals surface area contributed by atoms with Crippen molar-refractivity contribution in [1.29, 1.82) is 0 Å². The third-order valence-corrected chi connectivity index (χ3v) is 3.03. The molecule has 5 heteroatoms. The molecule has 0 spiro atoms. The highest BCUT2D eigenvalue weighted by molar-refractivity contribution is 7.17. The fourth-order valence-corrected chi connectivity index (χ4v) is 2.11. The first kappa shape index (κ1) is 8.83. The highest BCUT2D eigenvalue weighted by Crippen LogP contribution is 2.32. The second-order valence-electron chi connectivity index (χ2n) is 2.80. The summed E-state index contributed by atoms with van der Waals surface area (Å²) in [5.74, 6) is -0.978. The molecule has 0 aliphatic heterocycles. The summed E-state index contributed by atoms with van der Waals surface area (Å²) in [5, 5.41) is 8.80. The first-order valence-electron chi connectivity index (χ1n) is 3.94. The molecular weight excluding hydrogens is 200 g/mol. The number of nitrogens with two attached hydrogens (primary N) is 1. The van der Waals surface area contributed by atoms with E-state index >= 15 is 0 Å². The monoisotopic (exact) mass is 208 g/mol. The number of carboxylic acids is 1. The number of aromatic carboxylic acids is 1. The summed E-state index contributed by atoms with van der Waals surface area (Å²) in [5.41, 5.74) is 6.84. The molecule has 0 unspecified atom stereocenters. The van der Waals surface area contributed by atoms with Gasteiger partial charge in [0, 0.05) is 22.8 Å². The van der Waals surface area contributed by atoms with Crippen LogP contribution >= 0.6 is 11.3 Å². The minimum absolute atomic E-state index is 0.196. The summed E-state index contributed by atoms with van der Waals surface area (Å²) < 4.78 is 0. The van der Waals surface area contributed by atoms with E-state index < -0.39 is 5.97 Å². The van der Waals surface area contributed by atoms with Crippen LogP contribution in [0.25, 0.3) is 10.4 Å². The van der Waals surface area contributed by atoms with E-state index in [2.05, 4.69) is 4.98 Å². The molecule has 0 radical (unpaired) electrons. The second-order valence-corrected chi connectivity index (χ2v) is 3.85. The van der Waals surface area contributed by atoms with Crippen molar-refractivity contribution in [2.75, 3.05) is 5.73 Å². The average molecular weight is 208 g/mol. The maximum atomic E-state index is 10.7. The molecule has 2 aromatic heterocycles. The van der Waals surface area contributed by atoms with E-state index in [1.54, 1.807) is 18.5 Å². The molecule has 72 valence electrons. The lowest BCUT2D eigenvalue weighted by atomic mass is 10.2. The van der Waals surface area contributed by atoms with E-state index in [0.29, 0.717) is 5.69 Å². The highest BCUT2D eigenvalue weighted by Gasteiger charge is 2.13. The lowest BCUT2D eigenvalue weighted by molar-refractivity contribution is 0.0703. The summed E-state index contributed by atoms with van der Waals surface area (Å²) in [6.07, 6.45) is 3.59. The zero-order valence-electron chi connectivity index (χ0n) is 7.15. The maximum absolute atomic E-state index is 10.7. The molecular formula is C9H8N2O2S. The number of nitrogens with one attached hydrogen (secondary N) is 1. The Bertz CT molecular complexity index is 459. The number of thiophene rings is 1. The van der Waals surface area contributed by atoms with Crippen LogP contribution in [-0.4, -0.2) is 16.1 Å². The van der Waals surface area contributed by atoms with Crippen LogP contribution in [0.4, 0.5) is 5.69 Å². The number of nitrogen functional groups attached to an aromatic ring is 1. The molecule has 0 atom stereocenters. The summed E-state index contributed by atoms with van der Waals surface area (Å²) in [4.78, 5) is 14.7. The van der Waals surface area contributed by atoms with E-state index in [1.165, 1.54) is 11.3 Å². The number of carbonyl (C=O) groups is 1. The zero-order valence-corrected chi connectivity index (χ0v) is 7.97. The Morgan fingerprint density at radius 1 is 1.57 bits per heavy atom. The topological polar surface area (TPSA) is 79.1 Å². The van der Waals surface area contributed by atoms with Gasteiger partial charge in [0.05, 0.1) is 5.69 Å². The maximum Gasteiger partial charge on any atom is 0.348 e. The average Bonchev–Trinajstić information content (AvgIpc) is 2.70. The van der Waals surface area contributed by atoms with Crippen molar-refractivity contribution in [2.24, 2.45) is 0 Å². The van der Waals surface area contributed by atoms with Crippen molar-refractivity contribution in [3.63, 3.8) is 0 Å². The minimum Gasteiger partial charge on any atom is -0.477 e. The Morgan fingerprint density at radius 3 is 2.86 bits per heavy atom. The van der Waals surface area contributed by atoms with Gasteiger partial charge in [-0.15, -0.1) is 11.3 Å². The van der Waals surface area contributed by atoms with Crippen LogP contribution in [0.5, 0.6) is 0 Å². The van der Waals surface area contributed by atoms with Crippen LogP contribution in [0.2, 0.25) is 0 Å². The number of aromatic amines is 1. The second kappa shape index (κ2) is 3.19. The Hall–Kier alpha value is -1.75. The van der Waals surface area contributed by atoms with E-state index in [0.717, 1.165) is 10.4 Å². The molecule has 0 saturated carbocycles. The van der Waals surface area contributed by atoms with Crippen LogP contribution in [0.15, 0.2) is 24.5 Å². The summed E-state index contributed by atoms with van der Waals surface area (Å²) >= 11 is 1.18.